The van der Waals surface area contributed by atoms with E-state index in [1.54, 1.807) is 12.4 Å². The molecule has 0 spiro atoms. The molecule has 0 fully saturated rings. The quantitative estimate of drug-likeness (QED) is 0.455. The maximum Gasteiger partial charge on any atom is 0.0630 e. The van der Waals surface area contributed by atoms with Gasteiger partial charge >= 0.3 is 0 Å². The van der Waals surface area contributed by atoms with Crippen molar-refractivity contribution >= 4 is 12.2 Å². The van der Waals surface area contributed by atoms with Gasteiger partial charge in [0.05, 0.1) is 11.4 Å². The summed E-state index contributed by atoms with van der Waals surface area (Å²) in [6.07, 6.45) is 18.2. The minimum absolute atomic E-state index is 0.943. The average molecular weight is 380 g/mol. The van der Waals surface area contributed by atoms with Crippen LogP contribution >= 0.6 is 0 Å². The molecule has 0 aromatic carbocycles. The number of hydrogen-bond donors (Lipinski definition) is 0. The molecule has 4 heterocycles. The van der Waals surface area contributed by atoms with E-state index in [1.165, 1.54) is 17.5 Å². The van der Waals surface area contributed by atoms with Crippen molar-refractivity contribution in [2.45, 2.75) is 19.3 Å². The number of aromatic nitrogens is 4. The van der Waals surface area contributed by atoms with Crippen molar-refractivity contribution in [3.8, 4) is 0 Å². The summed E-state index contributed by atoms with van der Waals surface area (Å²) < 4.78 is 0. The van der Waals surface area contributed by atoms with E-state index in [0.29, 0.717) is 0 Å². The Bertz CT molecular complexity index is 876. The Morgan fingerprint density at radius 3 is 1.34 bits per heavy atom. The maximum absolute atomic E-state index is 4.18. The first-order valence-electron chi connectivity index (χ1n) is 9.68. The first-order valence-corrected chi connectivity index (χ1v) is 9.68. The molecule has 0 radical (unpaired) electrons. The molecule has 0 amide bonds. The van der Waals surface area contributed by atoms with Gasteiger partial charge in [-0.1, -0.05) is 12.1 Å². The van der Waals surface area contributed by atoms with Crippen molar-refractivity contribution in [1.82, 2.24) is 19.9 Å². The lowest BCUT2D eigenvalue weighted by Crippen LogP contribution is -1.90. The molecule has 0 unspecified atom stereocenters. The summed E-state index contributed by atoms with van der Waals surface area (Å²) in [6, 6.07) is 19.9. The second-order valence-corrected chi connectivity index (χ2v) is 6.41. The highest BCUT2D eigenvalue weighted by Crippen LogP contribution is 2.06. The van der Waals surface area contributed by atoms with Crippen LogP contribution in [0.4, 0.5) is 0 Å². The second-order valence-electron chi connectivity index (χ2n) is 6.41. The molecule has 4 aromatic rings. The van der Waals surface area contributed by atoms with Crippen molar-refractivity contribution < 1.29 is 0 Å². The average Bonchev–Trinajstić information content (AvgIpc) is 2.81. The van der Waals surface area contributed by atoms with E-state index < -0.39 is 0 Å². The summed E-state index contributed by atoms with van der Waals surface area (Å²) in [4.78, 5) is 16.4. The summed E-state index contributed by atoms with van der Waals surface area (Å²) in [5, 5.41) is 0. The molecule has 0 bridgehead atoms. The van der Waals surface area contributed by atoms with Gasteiger partial charge < -0.3 is 0 Å². The van der Waals surface area contributed by atoms with Crippen molar-refractivity contribution in [2.75, 3.05) is 0 Å². The second kappa shape index (κ2) is 11.9. The van der Waals surface area contributed by atoms with Gasteiger partial charge in [-0.05, 0) is 91.1 Å². The van der Waals surface area contributed by atoms with Gasteiger partial charge in [0.15, 0.2) is 0 Å². The predicted octanol–water partition coefficient (Wildman–Crippen LogP) is 5.30. The third-order valence-electron chi connectivity index (χ3n) is 4.23. The number of hydrogen-bond acceptors (Lipinski definition) is 4. The standard InChI is InChI=1S/C13H14N2.C12H10N2/c1(2-12-4-8-14-9-5-12)3-13-6-10-15-11-7-13;1-3-9-13-11(5-1)7-8-12-6-2-4-10-14-12/h4-11H,1-3H2;1-10H. The molecule has 4 aromatic heterocycles. The zero-order valence-electron chi connectivity index (χ0n) is 16.3. The molecule has 0 saturated carbocycles. The summed E-state index contributed by atoms with van der Waals surface area (Å²) in [6.45, 7) is 0. The predicted molar refractivity (Wildman–Crippen MR) is 118 cm³/mol. The first-order chi connectivity index (χ1) is 14.4. The zero-order valence-corrected chi connectivity index (χ0v) is 16.3. The van der Waals surface area contributed by atoms with E-state index in [9.17, 15) is 0 Å². The molecule has 4 rings (SSSR count). The Morgan fingerprint density at radius 2 is 0.966 bits per heavy atom. The van der Waals surface area contributed by atoms with Crippen LogP contribution in [0.1, 0.15) is 28.9 Å². The van der Waals surface area contributed by atoms with E-state index in [0.717, 1.165) is 24.2 Å². The van der Waals surface area contributed by atoms with Gasteiger partial charge in [0, 0.05) is 37.2 Å². The number of nitrogens with zero attached hydrogens (tertiary/aromatic N) is 4. The molecule has 0 atom stereocenters. The summed E-state index contributed by atoms with van der Waals surface area (Å²) in [5.41, 5.74) is 4.61. The molecule has 0 N–H and O–H groups in total. The van der Waals surface area contributed by atoms with Crippen LogP contribution in [0.15, 0.2) is 97.8 Å². The van der Waals surface area contributed by atoms with Gasteiger partial charge in [0.2, 0.25) is 0 Å². The molecule has 29 heavy (non-hydrogen) atoms. The Labute approximate surface area is 172 Å². The van der Waals surface area contributed by atoms with E-state index >= 15 is 0 Å². The minimum Gasteiger partial charge on any atom is -0.265 e. The molecular weight excluding hydrogens is 356 g/mol. The molecule has 0 aliphatic carbocycles. The Balaban J connectivity index is 0.000000166. The van der Waals surface area contributed by atoms with Gasteiger partial charge in [-0.3, -0.25) is 19.9 Å². The highest BCUT2D eigenvalue weighted by molar-refractivity contribution is 5.65. The summed E-state index contributed by atoms with van der Waals surface area (Å²) in [7, 11) is 0. The Kier molecular flexibility index (Phi) is 8.26. The van der Waals surface area contributed by atoms with E-state index in [-0.39, 0.29) is 0 Å². The van der Waals surface area contributed by atoms with Crippen LogP contribution in [0, 0.1) is 0 Å². The Hall–Kier alpha value is -3.66. The van der Waals surface area contributed by atoms with E-state index in [2.05, 4.69) is 44.2 Å². The summed E-state index contributed by atoms with van der Waals surface area (Å²) >= 11 is 0. The normalized spacial score (nSPS) is 10.3. The highest BCUT2D eigenvalue weighted by atomic mass is 14.7. The maximum atomic E-state index is 4.18. The lowest BCUT2D eigenvalue weighted by Gasteiger charge is -2.01. The molecular formula is C25H24N4. The van der Waals surface area contributed by atoms with E-state index in [1.807, 2.05) is 73.3 Å². The lowest BCUT2D eigenvalue weighted by atomic mass is 10.1. The largest absolute Gasteiger partial charge is 0.265 e. The topological polar surface area (TPSA) is 51.6 Å². The fourth-order valence-corrected chi connectivity index (χ4v) is 2.72. The lowest BCUT2D eigenvalue weighted by molar-refractivity contribution is 0.818. The van der Waals surface area contributed by atoms with E-state index in [4.69, 9.17) is 0 Å². The zero-order chi connectivity index (χ0) is 20.0. The van der Waals surface area contributed by atoms with Crippen molar-refractivity contribution in [3.63, 3.8) is 0 Å². The van der Waals surface area contributed by atoms with Gasteiger partial charge in [-0.15, -0.1) is 0 Å². The van der Waals surface area contributed by atoms with Crippen molar-refractivity contribution in [2.24, 2.45) is 0 Å². The van der Waals surface area contributed by atoms with Crippen LogP contribution in [0.25, 0.3) is 12.2 Å². The minimum atomic E-state index is 0.943. The van der Waals surface area contributed by atoms with Crippen LogP contribution < -0.4 is 0 Å². The Morgan fingerprint density at radius 1 is 0.517 bits per heavy atom. The van der Waals surface area contributed by atoms with Gasteiger partial charge in [0.25, 0.3) is 0 Å². The van der Waals surface area contributed by atoms with Crippen LogP contribution in [0.3, 0.4) is 0 Å². The number of aryl methyl sites for hydroxylation is 2. The number of pyridine rings is 4. The molecule has 0 aliphatic rings. The van der Waals surface area contributed by atoms with Crippen LogP contribution in [-0.2, 0) is 12.8 Å². The van der Waals surface area contributed by atoms with Crippen LogP contribution in [0.5, 0.6) is 0 Å². The monoisotopic (exact) mass is 380 g/mol. The highest BCUT2D eigenvalue weighted by Gasteiger charge is 1.94. The van der Waals surface area contributed by atoms with Gasteiger partial charge in [-0.2, -0.15) is 0 Å². The smallest absolute Gasteiger partial charge is 0.0630 e. The fraction of sp³-hybridized carbons (Fsp3) is 0.120. The molecule has 0 saturated heterocycles. The third-order valence-corrected chi connectivity index (χ3v) is 4.23. The van der Waals surface area contributed by atoms with Crippen molar-refractivity contribution in [3.05, 3.63) is 120 Å². The SMILES string of the molecule is C(=Cc1ccccn1)c1ccccn1.c1cc(CCCc2ccncc2)ccn1. The third kappa shape index (κ3) is 7.85. The molecule has 4 nitrogen and oxygen atoms in total. The van der Waals surface area contributed by atoms with Crippen LogP contribution in [-0.4, -0.2) is 19.9 Å². The molecule has 0 aliphatic heterocycles. The van der Waals surface area contributed by atoms with Crippen LogP contribution in [0.2, 0.25) is 0 Å². The molecule has 4 heteroatoms. The molecule has 144 valence electrons. The van der Waals surface area contributed by atoms with Crippen molar-refractivity contribution in [1.29, 1.82) is 0 Å². The number of rotatable bonds is 6. The first kappa shape index (κ1) is 20.1. The fourth-order valence-electron chi connectivity index (χ4n) is 2.72. The van der Waals surface area contributed by atoms with Gasteiger partial charge in [-0.25, -0.2) is 0 Å². The van der Waals surface area contributed by atoms with Gasteiger partial charge in [0.1, 0.15) is 0 Å². The summed E-state index contributed by atoms with van der Waals surface area (Å²) in [5.74, 6) is 0.